The molecule has 3 nitrogen and oxygen atoms in total. The van der Waals surface area contributed by atoms with Crippen molar-refractivity contribution in [1.29, 1.82) is 0 Å². The summed E-state index contributed by atoms with van der Waals surface area (Å²) >= 11 is 12.2. The number of ether oxygens (including phenoxy) is 1. The summed E-state index contributed by atoms with van der Waals surface area (Å²) in [6, 6.07) is 13.0. The molecule has 0 saturated heterocycles. The van der Waals surface area contributed by atoms with Crippen LogP contribution in [0.5, 0.6) is 5.75 Å². The van der Waals surface area contributed by atoms with Crippen LogP contribution in [0.25, 0.3) is 0 Å². The third kappa shape index (κ3) is 4.65. The molecule has 0 fully saturated rings. The van der Waals surface area contributed by atoms with Gasteiger partial charge >= 0.3 is 0 Å². The normalized spacial score (nSPS) is 11.9. The van der Waals surface area contributed by atoms with Gasteiger partial charge in [-0.05, 0) is 48.7 Å². The van der Waals surface area contributed by atoms with E-state index in [1.165, 1.54) is 0 Å². The van der Waals surface area contributed by atoms with Crippen molar-refractivity contribution in [2.45, 2.75) is 25.8 Å². The van der Waals surface area contributed by atoms with Gasteiger partial charge in [0.05, 0.1) is 13.2 Å². The molecule has 0 unspecified atom stereocenters. The molecule has 0 aromatic heterocycles. The van der Waals surface area contributed by atoms with Crippen LogP contribution < -0.4 is 4.74 Å². The smallest absolute Gasteiger partial charge is 0.223 e. The fraction of sp³-hybridized carbons (Fsp3) is 0.316. The number of benzene rings is 2. The Bertz CT molecular complexity index is 701. The summed E-state index contributed by atoms with van der Waals surface area (Å²) in [6.45, 7) is 1.96. The molecule has 0 aliphatic rings. The third-order valence-electron chi connectivity index (χ3n) is 4.17. The van der Waals surface area contributed by atoms with Gasteiger partial charge in [-0.25, -0.2) is 0 Å². The number of rotatable bonds is 6. The van der Waals surface area contributed by atoms with Crippen molar-refractivity contribution >= 4 is 29.1 Å². The number of hydrogen-bond acceptors (Lipinski definition) is 2. The van der Waals surface area contributed by atoms with Crippen molar-refractivity contribution in [2.75, 3.05) is 14.2 Å². The van der Waals surface area contributed by atoms with Crippen LogP contribution in [0.2, 0.25) is 10.0 Å². The Labute approximate surface area is 153 Å². The van der Waals surface area contributed by atoms with Crippen LogP contribution in [0.1, 0.15) is 30.5 Å². The average molecular weight is 366 g/mol. The van der Waals surface area contributed by atoms with Gasteiger partial charge in [0.15, 0.2) is 0 Å². The highest BCUT2D eigenvalue weighted by Crippen LogP contribution is 2.29. The first-order valence-corrected chi connectivity index (χ1v) is 8.51. The van der Waals surface area contributed by atoms with Crippen molar-refractivity contribution in [2.24, 2.45) is 0 Å². The Morgan fingerprint density at radius 2 is 1.83 bits per heavy atom. The second kappa shape index (κ2) is 8.41. The van der Waals surface area contributed by atoms with E-state index in [4.69, 9.17) is 27.9 Å². The molecule has 24 heavy (non-hydrogen) atoms. The minimum atomic E-state index is -0.113. The Balaban J connectivity index is 1.97. The van der Waals surface area contributed by atoms with Crippen LogP contribution in [-0.2, 0) is 11.2 Å². The molecule has 128 valence electrons. The van der Waals surface area contributed by atoms with Crippen molar-refractivity contribution in [3.8, 4) is 5.75 Å². The minimum Gasteiger partial charge on any atom is -0.497 e. The molecular formula is C19H21Cl2NO2. The molecule has 5 heteroatoms. The highest BCUT2D eigenvalue weighted by Gasteiger charge is 2.19. The molecule has 2 aromatic rings. The molecule has 2 rings (SSSR count). The average Bonchev–Trinajstić information content (AvgIpc) is 2.59. The predicted molar refractivity (Wildman–Crippen MR) is 99.0 cm³/mol. The molecule has 0 saturated carbocycles. The Morgan fingerprint density at radius 1 is 1.17 bits per heavy atom. The van der Waals surface area contributed by atoms with Crippen LogP contribution in [-0.4, -0.2) is 25.0 Å². The lowest BCUT2D eigenvalue weighted by molar-refractivity contribution is -0.131. The molecule has 0 N–H and O–H groups in total. The lowest BCUT2D eigenvalue weighted by atomic mass is 10.1. The van der Waals surface area contributed by atoms with Gasteiger partial charge in [-0.3, -0.25) is 4.79 Å². The second-order valence-electron chi connectivity index (χ2n) is 5.69. The molecule has 0 heterocycles. The van der Waals surface area contributed by atoms with E-state index in [-0.39, 0.29) is 11.9 Å². The van der Waals surface area contributed by atoms with Crippen molar-refractivity contribution in [3.63, 3.8) is 0 Å². The van der Waals surface area contributed by atoms with E-state index in [9.17, 15) is 4.79 Å². The summed E-state index contributed by atoms with van der Waals surface area (Å²) in [4.78, 5) is 14.2. The maximum absolute atomic E-state index is 12.5. The fourth-order valence-corrected chi connectivity index (χ4v) is 3.05. The first-order chi connectivity index (χ1) is 11.4. The fourth-order valence-electron chi connectivity index (χ4n) is 2.48. The minimum absolute atomic E-state index is 0.0735. The monoisotopic (exact) mass is 365 g/mol. The number of hydrogen-bond donors (Lipinski definition) is 0. The van der Waals surface area contributed by atoms with E-state index in [1.54, 1.807) is 31.2 Å². The zero-order valence-corrected chi connectivity index (χ0v) is 15.6. The number of amides is 1. The van der Waals surface area contributed by atoms with Gasteiger partial charge in [0.2, 0.25) is 5.91 Å². The molecule has 1 amide bonds. The summed E-state index contributed by atoms with van der Waals surface area (Å²) in [5, 5.41) is 1.16. The number of carbonyl (C=O) groups excluding carboxylic acids is 1. The standard InChI is InChI=1S/C19H21Cl2NO2/c1-13(17-10-7-15(20)12-18(17)21)22(2)19(23)11-6-14-4-8-16(24-3)9-5-14/h4-5,7-10,12-13H,6,11H2,1-3H3/t13-/m1/s1. The Hall–Kier alpha value is -1.71. The maximum atomic E-state index is 12.5. The van der Waals surface area contributed by atoms with E-state index >= 15 is 0 Å². The second-order valence-corrected chi connectivity index (χ2v) is 6.54. The molecule has 2 aromatic carbocycles. The Morgan fingerprint density at radius 3 is 2.42 bits per heavy atom. The SMILES string of the molecule is COc1ccc(CCC(=O)N(C)[C@H](C)c2ccc(Cl)cc2Cl)cc1. The summed E-state index contributed by atoms with van der Waals surface area (Å²) in [5.41, 5.74) is 2.00. The summed E-state index contributed by atoms with van der Waals surface area (Å²) in [7, 11) is 3.43. The largest absolute Gasteiger partial charge is 0.497 e. The molecule has 1 atom stereocenters. The van der Waals surface area contributed by atoms with E-state index in [0.717, 1.165) is 16.9 Å². The van der Waals surface area contributed by atoms with Gasteiger partial charge in [-0.1, -0.05) is 41.4 Å². The zero-order valence-electron chi connectivity index (χ0n) is 14.1. The van der Waals surface area contributed by atoms with Crippen LogP contribution in [0.3, 0.4) is 0 Å². The summed E-state index contributed by atoms with van der Waals surface area (Å²) in [6.07, 6.45) is 1.13. The lowest BCUT2D eigenvalue weighted by Gasteiger charge is -2.26. The lowest BCUT2D eigenvalue weighted by Crippen LogP contribution is -2.30. The highest BCUT2D eigenvalue weighted by atomic mass is 35.5. The highest BCUT2D eigenvalue weighted by molar-refractivity contribution is 6.35. The van der Waals surface area contributed by atoms with E-state index in [0.29, 0.717) is 22.9 Å². The van der Waals surface area contributed by atoms with Crippen LogP contribution in [0, 0.1) is 0 Å². The van der Waals surface area contributed by atoms with Crippen molar-refractivity contribution in [3.05, 3.63) is 63.6 Å². The zero-order chi connectivity index (χ0) is 17.7. The first-order valence-electron chi connectivity index (χ1n) is 7.76. The van der Waals surface area contributed by atoms with Crippen molar-refractivity contribution < 1.29 is 9.53 Å². The number of methoxy groups -OCH3 is 1. The summed E-state index contributed by atoms with van der Waals surface area (Å²) < 4.78 is 5.14. The van der Waals surface area contributed by atoms with Crippen molar-refractivity contribution in [1.82, 2.24) is 4.90 Å². The molecule has 0 bridgehead atoms. The quantitative estimate of drug-likeness (QED) is 0.707. The summed E-state index contributed by atoms with van der Waals surface area (Å²) in [5.74, 6) is 0.887. The first kappa shape index (κ1) is 18.6. The topological polar surface area (TPSA) is 29.5 Å². The Kier molecular flexibility index (Phi) is 6.52. The number of nitrogens with zero attached hydrogens (tertiary/aromatic N) is 1. The number of halogens is 2. The van der Waals surface area contributed by atoms with E-state index in [1.807, 2.05) is 37.3 Å². The van der Waals surface area contributed by atoms with Gasteiger partial charge in [0.1, 0.15) is 5.75 Å². The van der Waals surface area contributed by atoms with Crippen LogP contribution in [0.15, 0.2) is 42.5 Å². The van der Waals surface area contributed by atoms with Gasteiger partial charge < -0.3 is 9.64 Å². The van der Waals surface area contributed by atoms with Gasteiger partial charge in [0, 0.05) is 23.5 Å². The molecule has 0 radical (unpaired) electrons. The molecule has 0 spiro atoms. The molecular weight excluding hydrogens is 345 g/mol. The predicted octanol–water partition coefficient (Wildman–Crippen LogP) is 5.15. The number of aryl methyl sites for hydroxylation is 1. The van der Waals surface area contributed by atoms with E-state index < -0.39 is 0 Å². The van der Waals surface area contributed by atoms with Gasteiger partial charge in [-0.15, -0.1) is 0 Å². The maximum Gasteiger partial charge on any atom is 0.223 e. The van der Waals surface area contributed by atoms with Crippen LogP contribution >= 0.6 is 23.2 Å². The third-order valence-corrected chi connectivity index (χ3v) is 4.74. The van der Waals surface area contributed by atoms with Gasteiger partial charge in [0.25, 0.3) is 0 Å². The molecule has 0 aliphatic heterocycles. The van der Waals surface area contributed by atoms with Gasteiger partial charge in [-0.2, -0.15) is 0 Å². The number of carbonyl (C=O) groups is 1. The molecule has 0 aliphatic carbocycles. The van der Waals surface area contributed by atoms with E-state index in [2.05, 4.69) is 0 Å². The van der Waals surface area contributed by atoms with Crippen LogP contribution in [0.4, 0.5) is 0 Å².